The van der Waals surface area contributed by atoms with Crippen molar-refractivity contribution in [3.8, 4) is 0 Å². The van der Waals surface area contributed by atoms with Crippen LogP contribution in [-0.4, -0.2) is 71.4 Å². The summed E-state index contributed by atoms with van der Waals surface area (Å²) in [5.41, 5.74) is 0. The fraction of sp³-hybridized carbons (Fsp3) is 0.824. The van der Waals surface area contributed by atoms with Gasteiger partial charge in [-0.05, 0) is 13.8 Å². The van der Waals surface area contributed by atoms with Crippen molar-refractivity contribution in [2.75, 3.05) is 14.2 Å². The van der Waals surface area contributed by atoms with Gasteiger partial charge in [0, 0.05) is 33.0 Å². The molecular formula is C17H20Cl2O8. The number of carbonyl (C=O) groups excluding carboxylic acids is 3. The summed E-state index contributed by atoms with van der Waals surface area (Å²) in [6.07, 6.45) is -2.44. The van der Waals surface area contributed by atoms with Crippen LogP contribution in [0.15, 0.2) is 0 Å². The van der Waals surface area contributed by atoms with Crippen LogP contribution in [0.25, 0.3) is 0 Å². The van der Waals surface area contributed by atoms with Gasteiger partial charge >= 0.3 is 5.97 Å². The van der Waals surface area contributed by atoms with Gasteiger partial charge in [0.05, 0.1) is 6.10 Å². The van der Waals surface area contributed by atoms with Crippen LogP contribution in [-0.2, 0) is 38.1 Å². The molecule has 10 heteroatoms. The third-order valence-corrected chi connectivity index (χ3v) is 7.55. The number of fused-ring (bicyclic) bond motifs is 7. The zero-order valence-electron chi connectivity index (χ0n) is 15.4. The molecule has 0 spiro atoms. The Balaban J connectivity index is 1.95. The van der Waals surface area contributed by atoms with E-state index in [0.29, 0.717) is 0 Å². The van der Waals surface area contributed by atoms with Crippen LogP contribution in [0, 0.1) is 11.8 Å². The Morgan fingerprint density at radius 3 is 1.93 bits per heavy atom. The first-order chi connectivity index (χ1) is 12.4. The molecule has 4 fully saturated rings. The molecule has 0 aromatic heterocycles. The monoisotopic (exact) mass is 422 g/mol. The number of ether oxygens (including phenoxy) is 5. The normalized spacial score (nSPS) is 48.6. The van der Waals surface area contributed by atoms with Crippen LogP contribution in [0.4, 0.5) is 0 Å². The SMILES string of the molecule is COC1(OC)[C@@]2(Cl)C(=O)C(=O)[C@]1(Cl)[C@@H]1[C@H]3OC(C)(C)O[C@H]3[C@H](OC(C)=O)[C@@H]12. The predicted octanol–water partition coefficient (Wildman–Crippen LogP) is 0.794. The summed E-state index contributed by atoms with van der Waals surface area (Å²) in [5.74, 6) is -7.07. The molecule has 0 radical (unpaired) electrons. The van der Waals surface area contributed by atoms with Gasteiger partial charge in [0.2, 0.25) is 17.4 Å². The minimum atomic E-state index is -1.98. The largest absolute Gasteiger partial charge is 0.459 e. The van der Waals surface area contributed by atoms with Crippen LogP contribution < -0.4 is 0 Å². The van der Waals surface area contributed by atoms with E-state index < -0.39 is 69.0 Å². The Morgan fingerprint density at radius 1 is 0.963 bits per heavy atom. The van der Waals surface area contributed by atoms with E-state index in [1.54, 1.807) is 13.8 Å². The number of carbonyl (C=O) groups is 3. The molecule has 1 saturated heterocycles. The molecule has 7 atom stereocenters. The summed E-state index contributed by atoms with van der Waals surface area (Å²) >= 11 is 13.6. The number of hydrogen-bond donors (Lipinski definition) is 0. The maximum absolute atomic E-state index is 12.9. The lowest BCUT2D eigenvalue weighted by atomic mass is 9.78. The summed E-state index contributed by atoms with van der Waals surface area (Å²) in [6, 6.07) is 0. The van der Waals surface area contributed by atoms with E-state index in [4.69, 9.17) is 46.9 Å². The van der Waals surface area contributed by atoms with Crippen molar-refractivity contribution >= 4 is 40.7 Å². The van der Waals surface area contributed by atoms with E-state index in [0.717, 1.165) is 0 Å². The third kappa shape index (κ3) is 1.87. The first-order valence-corrected chi connectivity index (χ1v) is 9.28. The summed E-state index contributed by atoms with van der Waals surface area (Å²) in [6.45, 7) is 4.63. The second-order valence-electron chi connectivity index (χ2n) is 7.80. The summed E-state index contributed by atoms with van der Waals surface area (Å²) in [5, 5.41) is 0. The maximum Gasteiger partial charge on any atom is 0.303 e. The summed E-state index contributed by atoms with van der Waals surface area (Å²) in [7, 11) is 2.53. The molecule has 0 amide bonds. The van der Waals surface area contributed by atoms with Gasteiger partial charge in [-0.3, -0.25) is 14.4 Å². The lowest BCUT2D eigenvalue weighted by Crippen LogP contribution is -2.60. The number of methoxy groups -OCH3 is 2. The molecule has 0 N–H and O–H groups in total. The van der Waals surface area contributed by atoms with Crippen LogP contribution in [0.5, 0.6) is 0 Å². The predicted molar refractivity (Wildman–Crippen MR) is 90.3 cm³/mol. The van der Waals surface area contributed by atoms with Crippen LogP contribution in [0.2, 0.25) is 0 Å². The van der Waals surface area contributed by atoms with Gasteiger partial charge in [0.15, 0.2) is 15.5 Å². The molecule has 0 aromatic rings. The molecule has 4 aliphatic rings. The molecule has 2 bridgehead atoms. The topological polar surface area (TPSA) is 97.4 Å². The highest BCUT2D eigenvalue weighted by Crippen LogP contribution is 2.73. The van der Waals surface area contributed by atoms with Crippen LogP contribution in [0.1, 0.15) is 20.8 Å². The van der Waals surface area contributed by atoms with Crippen molar-refractivity contribution in [3.63, 3.8) is 0 Å². The first kappa shape index (κ1) is 19.5. The first-order valence-electron chi connectivity index (χ1n) is 8.53. The second-order valence-corrected chi connectivity index (χ2v) is 8.99. The van der Waals surface area contributed by atoms with E-state index in [9.17, 15) is 14.4 Å². The van der Waals surface area contributed by atoms with Gasteiger partial charge in [-0.25, -0.2) is 0 Å². The lowest BCUT2D eigenvalue weighted by molar-refractivity contribution is -0.227. The highest BCUT2D eigenvalue weighted by atomic mass is 35.5. The molecule has 0 aromatic carbocycles. The number of rotatable bonds is 3. The number of esters is 1. The highest BCUT2D eigenvalue weighted by Gasteiger charge is 2.94. The molecule has 0 unspecified atom stereocenters. The van der Waals surface area contributed by atoms with Crippen molar-refractivity contribution < 1.29 is 38.1 Å². The smallest absolute Gasteiger partial charge is 0.303 e. The van der Waals surface area contributed by atoms with Gasteiger partial charge < -0.3 is 23.7 Å². The zero-order valence-corrected chi connectivity index (χ0v) is 16.9. The van der Waals surface area contributed by atoms with E-state index >= 15 is 0 Å². The lowest BCUT2D eigenvalue weighted by Gasteiger charge is -2.40. The van der Waals surface area contributed by atoms with Crippen molar-refractivity contribution in [2.24, 2.45) is 11.8 Å². The Kier molecular flexibility index (Phi) is 3.93. The molecule has 8 nitrogen and oxygen atoms in total. The summed E-state index contributed by atoms with van der Waals surface area (Å²) < 4.78 is 28.4. The van der Waals surface area contributed by atoms with Crippen molar-refractivity contribution in [3.05, 3.63) is 0 Å². The molecule has 1 heterocycles. The zero-order chi connectivity index (χ0) is 20.2. The molecule has 3 saturated carbocycles. The van der Waals surface area contributed by atoms with E-state index in [1.165, 1.54) is 21.1 Å². The Morgan fingerprint density at radius 2 is 1.44 bits per heavy atom. The Bertz CT molecular complexity index is 749. The van der Waals surface area contributed by atoms with E-state index in [1.807, 2.05) is 0 Å². The number of alkyl halides is 2. The molecular weight excluding hydrogens is 403 g/mol. The van der Waals surface area contributed by atoms with Gasteiger partial charge in [-0.15, -0.1) is 23.2 Å². The van der Waals surface area contributed by atoms with Gasteiger partial charge in [-0.1, -0.05) is 0 Å². The Hall–Kier alpha value is -0.770. The number of ketones is 2. The quantitative estimate of drug-likeness (QED) is 0.285. The Labute approximate surface area is 165 Å². The van der Waals surface area contributed by atoms with Gasteiger partial charge in [0.25, 0.3) is 0 Å². The van der Waals surface area contributed by atoms with Crippen molar-refractivity contribution in [1.82, 2.24) is 0 Å². The number of Topliss-reactive ketones (excluding diaryl/α,β-unsaturated/α-hetero) is 2. The number of hydrogen-bond acceptors (Lipinski definition) is 8. The second kappa shape index (κ2) is 5.43. The maximum atomic E-state index is 12.9. The van der Waals surface area contributed by atoms with Crippen LogP contribution >= 0.6 is 23.2 Å². The minimum Gasteiger partial charge on any atom is -0.459 e. The van der Waals surface area contributed by atoms with E-state index in [2.05, 4.69) is 0 Å². The minimum absolute atomic E-state index is 0.585. The fourth-order valence-electron chi connectivity index (χ4n) is 5.55. The highest BCUT2D eigenvalue weighted by molar-refractivity contribution is 6.66. The van der Waals surface area contributed by atoms with Gasteiger partial charge in [0.1, 0.15) is 12.2 Å². The molecule has 3 aliphatic carbocycles. The average molecular weight is 423 g/mol. The van der Waals surface area contributed by atoms with Crippen molar-refractivity contribution in [1.29, 1.82) is 0 Å². The van der Waals surface area contributed by atoms with Crippen LogP contribution in [0.3, 0.4) is 0 Å². The van der Waals surface area contributed by atoms with E-state index in [-0.39, 0.29) is 0 Å². The number of halogens is 2. The third-order valence-electron chi connectivity index (χ3n) is 6.20. The standard InChI is InChI=1S/C17H20Cl2O8/c1-6(20)25-9-7-8(10-11(9)27-14(2,3)26-10)16(19)13(22)12(21)15(7,18)17(16,23-4)24-5/h7-11H,1-5H3/t7-,8+,9-,10-,11+,15+,16-/m1/s1. The summed E-state index contributed by atoms with van der Waals surface area (Å²) in [4.78, 5) is 33.7. The van der Waals surface area contributed by atoms with Gasteiger partial charge in [-0.2, -0.15) is 0 Å². The van der Waals surface area contributed by atoms with Crippen molar-refractivity contribution in [2.45, 2.75) is 60.4 Å². The molecule has 150 valence electrons. The molecule has 4 rings (SSSR count). The fourth-order valence-corrected chi connectivity index (χ4v) is 6.90. The average Bonchev–Trinajstić information content (AvgIpc) is 3.13. The molecule has 1 aliphatic heterocycles. The molecule has 27 heavy (non-hydrogen) atoms.